The number of nitriles is 1. The molecule has 5 heteroatoms. The van der Waals surface area contributed by atoms with Crippen molar-refractivity contribution in [2.45, 2.75) is 31.7 Å². The summed E-state index contributed by atoms with van der Waals surface area (Å²) in [5.74, 6) is -0.0394. The van der Waals surface area contributed by atoms with Gasteiger partial charge in [0, 0.05) is 6.04 Å². The lowest BCUT2D eigenvalue weighted by atomic mass is 10.2. The van der Waals surface area contributed by atoms with Crippen molar-refractivity contribution in [1.82, 2.24) is 4.90 Å². The van der Waals surface area contributed by atoms with E-state index < -0.39 is 0 Å². The molecule has 0 saturated heterocycles. The van der Waals surface area contributed by atoms with E-state index in [0.717, 1.165) is 25.7 Å². The van der Waals surface area contributed by atoms with Crippen LogP contribution in [0.4, 0.5) is 0 Å². The minimum Gasteiger partial charge on any atom is -0.440 e. The number of rotatable bonds is 3. The number of halogens is 1. The summed E-state index contributed by atoms with van der Waals surface area (Å²) in [4.78, 5) is 13.7. The van der Waals surface area contributed by atoms with Crippen LogP contribution in [-0.4, -0.2) is 23.4 Å². The summed E-state index contributed by atoms with van der Waals surface area (Å²) in [7, 11) is 0. The second-order valence-electron chi connectivity index (χ2n) is 4.13. The molecule has 1 fully saturated rings. The molecule has 1 amide bonds. The molecule has 17 heavy (non-hydrogen) atoms. The Morgan fingerprint density at radius 1 is 1.53 bits per heavy atom. The summed E-state index contributed by atoms with van der Waals surface area (Å²) in [5, 5.41) is 8.99. The highest BCUT2D eigenvalue weighted by Crippen LogP contribution is 2.25. The maximum atomic E-state index is 12.2. The number of carbonyl (C=O) groups excluding carboxylic acids is 1. The van der Waals surface area contributed by atoms with E-state index in [9.17, 15) is 4.79 Å². The Bertz CT molecular complexity index is 444. The van der Waals surface area contributed by atoms with E-state index in [1.165, 1.54) is 6.07 Å². The quantitative estimate of drug-likeness (QED) is 0.778. The van der Waals surface area contributed by atoms with Crippen LogP contribution in [0.15, 0.2) is 16.5 Å². The molecule has 1 aliphatic carbocycles. The van der Waals surface area contributed by atoms with Crippen LogP contribution in [0.1, 0.15) is 36.2 Å². The van der Waals surface area contributed by atoms with E-state index in [1.54, 1.807) is 11.0 Å². The third kappa shape index (κ3) is 2.62. The van der Waals surface area contributed by atoms with Gasteiger partial charge in [0.1, 0.15) is 6.54 Å². The minimum atomic E-state index is -0.245. The largest absolute Gasteiger partial charge is 0.440 e. The molecule has 0 unspecified atom stereocenters. The highest BCUT2D eigenvalue weighted by molar-refractivity contribution is 6.29. The van der Waals surface area contributed by atoms with Gasteiger partial charge in [-0.2, -0.15) is 5.26 Å². The van der Waals surface area contributed by atoms with Crippen molar-refractivity contribution in [3.63, 3.8) is 0 Å². The zero-order valence-electron chi connectivity index (χ0n) is 9.36. The molecule has 0 radical (unpaired) electrons. The van der Waals surface area contributed by atoms with Gasteiger partial charge in [-0.15, -0.1) is 0 Å². The van der Waals surface area contributed by atoms with Gasteiger partial charge in [-0.05, 0) is 36.6 Å². The topological polar surface area (TPSA) is 57.2 Å². The second-order valence-corrected chi connectivity index (χ2v) is 4.51. The summed E-state index contributed by atoms with van der Waals surface area (Å²) in [6.45, 7) is 0.0990. The van der Waals surface area contributed by atoms with Crippen LogP contribution in [0.2, 0.25) is 5.22 Å². The Labute approximate surface area is 105 Å². The fraction of sp³-hybridized carbons (Fsp3) is 0.500. The molecule has 1 saturated carbocycles. The summed E-state index contributed by atoms with van der Waals surface area (Å²) in [6.07, 6.45) is 4.14. The molecule has 90 valence electrons. The van der Waals surface area contributed by atoms with E-state index >= 15 is 0 Å². The molecule has 0 spiro atoms. The van der Waals surface area contributed by atoms with Crippen molar-refractivity contribution >= 4 is 17.5 Å². The third-order valence-electron chi connectivity index (χ3n) is 3.05. The number of furan rings is 1. The van der Waals surface area contributed by atoms with Gasteiger partial charge in [0.2, 0.25) is 0 Å². The Hall–Kier alpha value is -1.47. The van der Waals surface area contributed by atoms with Gasteiger partial charge in [0.05, 0.1) is 6.07 Å². The molecule has 2 rings (SSSR count). The van der Waals surface area contributed by atoms with Crippen molar-refractivity contribution in [2.75, 3.05) is 6.54 Å². The van der Waals surface area contributed by atoms with Crippen LogP contribution in [-0.2, 0) is 0 Å². The third-order valence-corrected chi connectivity index (χ3v) is 3.25. The lowest BCUT2D eigenvalue weighted by Gasteiger charge is -2.25. The van der Waals surface area contributed by atoms with Crippen LogP contribution in [0.3, 0.4) is 0 Å². The van der Waals surface area contributed by atoms with E-state index in [2.05, 4.69) is 0 Å². The molecule has 1 heterocycles. The second kappa shape index (κ2) is 5.24. The average Bonchev–Trinajstić information content (AvgIpc) is 2.95. The Kier molecular flexibility index (Phi) is 3.70. The van der Waals surface area contributed by atoms with Crippen molar-refractivity contribution in [3.05, 3.63) is 23.1 Å². The predicted molar refractivity (Wildman–Crippen MR) is 62.6 cm³/mol. The lowest BCUT2D eigenvalue weighted by molar-refractivity contribution is 0.0677. The van der Waals surface area contributed by atoms with E-state index in [0.29, 0.717) is 0 Å². The molecule has 4 nitrogen and oxygen atoms in total. The van der Waals surface area contributed by atoms with Crippen LogP contribution in [0, 0.1) is 11.3 Å². The average molecular weight is 253 g/mol. The molecular weight excluding hydrogens is 240 g/mol. The molecule has 1 aromatic heterocycles. The molecular formula is C12H13ClN2O2. The number of carbonyl (C=O) groups is 1. The van der Waals surface area contributed by atoms with Crippen molar-refractivity contribution in [3.8, 4) is 6.07 Å². The van der Waals surface area contributed by atoms with Crippen LogP contribution >= 0.6 is 11.6 Å². The van der Waals surface area contributed by atoms with Crippen molar-refractivity contribution in [2.24, 2.45) is 0 Å². The van der Waals surface area contributed by atoms with Gasteiger partial charge in [-0.3, -0.25) is 4.79 Å². The first-order chi connectivity index (χ1) is 8.22. The molecule has 0 atom stereocenters. The van der Waals surface area contributed by atoms with E-state index in [4.69, 9.17) is 21.3 Å². The molecule has 0 N–H and O–H groups in total. The zero-order chi connectivity index (χ0) is 12.3. The Balaban J connectivity index is 2.15. The smallest absolute Gasteiger partial charge is 0.290 e. The van der Waals surface area contributed by atoms with Gasteiger partial charge in [-0.25, -0.2) is 0 Å². The lowest BCUT2D eigenvalue weighted by Crippen LogP contribution is -2.38. The highest BCUT2D eigenvalue weighted by atomic mass is 35.5. The van der Waals surface area contributed by atoms with Gasteiger partial charge < -0.3 is 9.32 Å². The number of nitrogens with zero attached hydrogens (tertiary/aromatic N) is 2. The van der Waals surface area contributed by atoms with Crippen molar-refractivity contribution in [1.29, 1.82) is 5.26 Å². The summed E-state index contributed by atoms with van der Waals surface area (Å²) < 4.78 is 5.10. The maximum absolute atomic E-state index is 12.2. The van der Waals surface area contributed by atoms with Gasteiger partial charge in [0.15, 0.2) is 11.0 Å². The molecule has 1 aliphatic rings. The summed E-state index contributed by atoms with van der Waals surface area (Å²) in [5.41, 5.74) is 0. The fourth-order valence-electron chi connectivity index (χ4n) is 2.23. The molecule has 0 bridgehead atoms. The fourth-order valence-corrected chi connectivity index (χ4v) is 2.38. The van der Waals surface area contributed by atoms with Crippen molar-refractivity contribution < 1.29 is 9.21 Å². The minimum absolute atomic E-state index is 0.0990. The monoisotopic (exact) mass is 252 g/mol. The first kappa shape index (κ1) is 12.0. The van der Waals surface area contributed by atoms with Crippen LogP contribution in [0.5, 0.6) is 0 Å². The number of hydrogen-bond donors (Lipinski definition) is 0. The SMILES string of the molecule is N#CCN(C(=O)c1ccc(Cl)o1)C1CCCC1. The Morgan fingerprint density at radius 2 is 2.24 bits per heavy atom. The standard InChI is InChI=1S/C12H13ClN2O2/c13-11-6-5-10(17-11)12(16)15(8-7-14)9-3-1-2-4-9/h5-6,9H,1-4,8H2. The zero-order valence-corrected chi connectivity index (χ0v) is 10.1. The summed E-state index contributed by atoms with van der Waals surface area (Å²) in [6, 6.07) is 5.27. The number of hydrogen-bond acceptors (Lipinski definition) is 3. The molecule has 1 aromatic rings. The number of amides is 1. The van der Waals surface area contributed by atoms with E-state index in [1.807, 2.05) is 6.07 Å². The Morgan fingerprint density at radius 3 is 2.76 bits per heavy atom. The normalized spacial score (nSPS) is 15.8. The molecule has 0 aliphatic heterocycles. The predicted octanol–water partition coefficient (Wildman–Crippen LogP) is 2.84. The van der Waals surface area contributed by atoms with Gasteiger partial charge in [0.25, 0.3) is 5.91 Å². The first-order valence-electron chi connectivity index (χ1n) is 5.65. The van der Waals surface area contributed by atoms with Crippen LogP contribution in [0.25, 0.3) is 0 Å². The highest BCUT2D eigenvalue weighted by Gasteiger charge is 2.28. The van der Waals surface area contributed by atoms with Crippen LogP contribution < -0.4 is 0 Å². The van der Waals surface area contributed by atoms with Gasteiger partial charge >= 0.3 is 0 Å². The van der Waals surface area contributed by atoms with Gasteiger partial charge in [-0.1, -0.05) is 12.8 Å². The summed E-state index contributed by atoms with van der Waals surface area (Å²) >= 11 is 5.64. The maximum Gasteiger partial charge on any atom is 0.290 e. The first-order valence-corrected chi connectivity index (χ1v) is 6.03. The molecule has 0 aromatic carbocycles. The van der Waals surface area contributed by atoms with E-state index in [-0.39, 0.29) is 29.5 Å².